The first kappa shape index (κ1) is 10.3. The van der Waals surface area contributed by atoms with Crippen LogP contribution < -0.4 is 4.74 Å². The van der Waals surface area contributed by atoms with Crippen LogP contribution in [0.3, 0.4) is 0 Å². The lowest BCUT2D eigenvalue weighted by Crippen LogP contribution is -2.05. The lowest BCUT2D eigenvalue weighted by Gasteiger charge is -2.03. The summed E-state index contributed by atoms with van der Waals surface area (Å²) in [5.74, 6) is 0.343. The maximum absolute atomic E-state index is 8.80. The number of hydrogen-bond donors (Lipinski definition) is 0. The van der Waals surface area contributed by atoms with E-state index in [4.69, 9.17) is 21.6 Å². The normalized spacial score (nSPS) is 9.81. The predicted molar refractivity (Wildman–Crippen MR) is 53.2 cm³/mol. The average Bonchev–Trinajstić information content (AvgIpc) is 2.76. The van der Waals surface area contributed by atoms with Crippen LogP contribution in [0.1, 0.15) is 5.82 Å². The summed E-state index contributed by atoms with van der Waals surface area (Å²) >= 11 is 5.68. The van der Waals surface area contributed by atoms with Crippen LogP contribution in [0.5, 0.6) is 6.01 Å². The summed E-state index contributed by atoms with van der Waals surface area (Å²) in [4.78, 5) is 15.3. The Morgan fingerprint density at radius 1 is 1.44 bits per heavy atom. The molecule has 80 valence electrons. The molecule has 0 N–H and O–H groups in total. The molecule has 8 heteroatoms. The summed E-state index contributed by atoms with van der Waals surface area (Å²) in [6, 6.07) is 1.98. The molecule has 0 saturated heterocycles. The van der Waals surface area contributed by atoms with E-state index >= 15 is 0 Å². The number of aromatic nitrogens is 5. The smallest absolute Gasteiger partial charge is 0.322 e. The second-order valence-corrected chi connectivity index (χ2v) is 2.96. The van der Waals surface area contributed by atoms with Gasteiger partial charge in [0.25, 0.3) is 0 Å². The monoisotopic (exact) mass is 236 g/mol. The fourth-order valence-corrected chi connectivity index (χ4v) is 1.22. The van der Waals surface area contributed by atoms with Crippen molar-refractivity contribution >= 4 is 11.6 Å². The molecule has 2 aromatic heterocycles. The number of nitrogens with zero attached hydrogens (tertiary/aromatic N) is 6. The van der Waals surface area contributed by atoms with Crippen LogP contribution in [-0.4, -0.2) is 31.6 Å². The molecule has 2 heterocycles. The summed E-state index contributed by atoms with van der Waals surface area (Å²) in [7, 11) is 1.41. The van der Waals surface area contributed by atoms with Crippen LogP contribution in [0.25, 0.3) is 5.95 Å². The quantitative estimate of drug-likeness (QED) is 0.758. The van der Waals surface area contributed by atoms with Gasteiger partial charge in [-0.3, -0.25) is 4.57 Å². The number of nitriles is 1. The second-order valence-electron chi connectivity index (χ2n) is 2.62. The van der Waals surface area contributed by atoms with Gasteiger partial charge in [-0.2, -0.15) is 20.2 Å². The van der Waals surface area contributed by atoms with Gasteiger partial charge in [0.05, 0.1) is 7.11 Å². The average molecular weight is 237 g/mol. The largest absolute Gasteiger partial charge is 0.467 e. The van der Waals surface area contributed by atoms with Crippen molar-refractivity contribution in [2.75, 3.05) is 7.11 Å². The third kappa shape index (κ3) is 1.78. The fraction of sp³-hybridized carbons (Fsp3) is 0.125. The van der Waals surface area contributed by atoms with Crippen molar-refractivity contribution in [3.8, 4) is 18.0 Å². The Morgan fingerprint density at radius 3 is 2.94 bits per heavy atom. The highest BCUT2D eigenvalue weighted by molar-refractivity contribution is 6.28. The molecule has 0 spiro atoms. The lowest BCUT2D eigenvalue weighted by atomic mass is 10.6. The summed E-state index contributed by atoms with van der Waals surface area (Å²) in [6.45, 7) is 0. The third-order valence-electron chi connectivity index (χ3n) is 1.71. The number of methoxy groups -OCH3 is 1. The zero-order chi connectivity index (χ0) is 11.5. The maximum Gasteiger partial charge on any atom is 0.322 e. The third-order valence-corrected chi connectivity index (χ3v) is 1.88. The Kier molecular flexibility index (Phi) is 2.66. The summed E-state index contributed by atoms with van der Waals surface area (Å²) in [6.07, 6.45) is 3.01. The molecule has 0 amide bonds. The van der Waals surface area contributed by atoms with E-state index in [9.17, 15) is 0 Å². The number of halogens is 1. The topological polar surface area (TPSA) is 89.5 Å². The molecular formula is C8H5ClN6O. The standard InChI is InChI=1S/C8H5ClN6O/c1-16-8-13-6(9)12-7(14-8)15-3-2-11-5(15)4-10/h2-3H,1H3. The van der Waals surface area contributed by atoms with Gasteiger partial charge < -0.3 is 4.74 Å². The van der Waals surface area contributed by atoms with Crippen LogP contribution >= 0.6 is 11.6 Å². The predicted octanol–water partition coefficient (Wildman–Crippen LogP) is 0.591. The van der Waals surface area contributed by atoms with E-state index in [2.05, 4.69) is 19.9 Å². The zero-order valence-electron chi connectivity index (χ0n) is 8.12. The van der Waals surface area contributed by atoms with Crippen LogP contribution in [-0.2, 0) is 0 Å². The van der Waals surface area contributed by atoms with Crippen molar-refractivity contribution in [2.45, 2.75) is 0 Å². The minimum Gasteiger partial charge on any atom is -0.467 e. The van der Waals surface area contributed by atoms with Crippen molar-refractivity contribution in [2.24, 2.45) is 0 Å². The molecule has 16 heavy (non-hydrogen) atoms. The minimum atomic E-state index is -0.0144. The fourth-order valence-electron chi connectivity index (χ4n) is 1.07. The van der Waals surface area contributed by atoms with E-state index in [1.54, 1.807) is 6.20 Å². The first-order valence-corrected chi connectivity index (χ1v) is 4.52. The molecule has 0 radical (unpaired) electrons. The van der Waals surface area contributed by atoms with Gasteiger partial charge in [0.1, 0.15) is 6.07 Å². The second kappa shape index (κ2) is 4.12. The van der Waals surface area contributed by atoms with E-state index in [1.165, 1.54) is 17.9 Å². The van der Waals surface area contributed by atoms with Gasteiger partial charge in [-0.15, -0.1) is 0 Å². The highest BCUT2D eigenvalue weighted by Gasteiger charge is 2.10. The van der Waals surface area contributed by atoms with Gasteiger partial charge in [0.2, 0.25) is 17.1 Å². The van der Waals surface area contributed by atoms with Crippen molar-refractivity contribution in [3.63, 3.8) is 0 Å². The molecule has 0 unspecified atom stereocenters. The van der Waals surface area contributed by atoms with E-state index in [-0.39, 0.29) is 23.1 Å². The summed E-state index contributed by atoms with van der Waals surface area (Å²) in [5.41, 5.74) is 0. The molecule has 0 aliphatic heterocycles. The van der Waals surface area contributed by atoms with Gasteiger partial charge in [0.15, 0.2) is 0 Å². The Bertz CT molecular complexity index is 560. The molecule has 7 nitrogen and oxygen atoms in total. The highest BCUT2D eigenvalue weighted by atomic mass is 35.5. The Balaban J connectivity index is 2.56. The number of rotatable bonds is 2. The molecule has 0 saturated carbocycles. The van der Waals surface area contributed by atoms with Crippen LogP contribution in [0, 0.1) is 11.3 Å². The van der Waals surface area contributed by atoms with Gasteiger partial charge in [0, 0.05) is 12.4 Å². The van der Waals surface area contributed by atoms with Gasteiger partial charge in [-0.05, 0) is 11.6 Å². The zero-order valence-corrected chi connectivity index (χ0v) is 8.88. The number of hydrogen-bond acceptors (Lipinski definition) is 6. The SMILES string of the molecule is COc1nc(Cl)nc(-n2ccnc2C#N)n1. The van der Waals surface area contributed by atoms with E-state index in [0.717, 1.165) is 0 Å². The number of imidazole rings is 1. The Hall–Kier alpha value is -2.20. The molecule has 0 bridgehead atoms. The summed E-state index contributed by atoms with van der Waals surface area (Å²) in [5, 5.41) is 8.78. The van der Waals surface area contributed by atoms with Gasteiger partial charge in [-0.1, -0.05) is 0 Å². The van der Waals surface area contributed by atoms with Crippen molar-refractivity contribution in [1.29, 1.82) is 5.26 Å². The van der Waals surface area contributed by atoms with Crippen molar-refractivity contribution < 1.29 is 4.74 Å². The maximum atomic E-state index is 8.80. The van der Waals surface area contributed by atoms with Crippen molar-refractivity contribution in [1.82, 2.24) is 24.5 Å². The first-order chi connectivity index (χ1) is 7.74. The molecule has 0 aliphatic carbocycles. The molecular weight excluding hydrogens is 232 g/mol. The van der Waals surface area contributed by atoms with Gasteiger partial charge >= 0.3 is 6.01 Å². The van der Waals surface area contributed by atoms with Crippen LogP contribution in [0.2, 0.25) is 5.28 Å². The molecule has 2 aromatic rings. The highest BCUT2D eigenvalue weighted by Crippen LogP contribution is 2.11. The Labute approximate surface area is 95.3 Å². The molecule has 0 fully saturated rings. The molecule has 0 aromatic carbocycles. The van der Waals surface area contributed by atoms with Crippen LogP contribution in [0.4, 0.5) is 0 Å². The molecule has 0 aliphatic rings. The first-order valence-electron chi connectivity index (χ1n) is 4.14. The molecule has 0 atom stereocenters. The van der Waals surface area contributed by atoms with Crippen LogP contribution in [0.15, 0.2) is 12.4 Å². The van der Waals surface area contributed by atoms with E-state index in [1.807, 2.05) is 6.07 Å². The Morgan fingerprint density at radius 2 is 2.25 bits per heavy atom. The van der Waals surface area contributed by atoms with E-state index in [0.29, 0.717) is 0 Å². The lowest BCUT2D eigenvalue weighted by molar-refractivity contribution is 0.377. The minimum absolute atomic E-state index is 0.0144. The van der Waals surface area contributed by atoms with E-state index < -0.39 is 0 Å². The van der Waals surface area contributed by atoms with Gasteiger partial charge in [-0.25, -0.2) is 4.98 Å². The molecule has 2 rings (SSSR count). The number of ether oxygens (including phenoxy) is 1. The van der Waals surface area contributed by atoms with Crippen molar-refractivity contribution in [3.05, 3.63) is 23.5 Å². The summed E-state index contributed by atoms with van der Waals surface area (Å²) < 4.78 is 6.23.